The largest absolute Gasteiger partial charge is 0.311 e. The summed E-state index contributed by atoms with van der Waals surface area (Å²) in [5.74, 6) is 0.672. The average Bonchev–Trinajstić information content (AvgIpc) is 2.74. The van der Waals surface area contributed by atoms with Gasteiger partial charge in [-0.3, -0.25) is 4.79 Å². The lowest BCUT2D eigenvalue weighted by molar-refractivity contribution is 0.658. The highest BCUT2D eigenvalue weighted by atomic mass is 32.1. The van der Waals surface area contributed by atoms with Crippen molar-refractivity contribution in [2.24, 2.45) is 0 Å². The molecule has 2 heterocycles. The standard InChI is InChI=1S/C13H18N4OS/c1-3-4-14-7-10-6-13(18)17-12(16-10)5-11-8-19-9(2)15-11/h6,8,14H,3-5,7H2,1-2H3,(H,16,17,18). The van der Waals surface area contributed by atoms with Gasteiger partial charge < -0.3 is 10.3 Å². The van der Waals surface area contributed by atoms with Gasteiger partial charge in [0, 0.05) is 24.4 Å². The van der Waals surface area contributed by atoms with Crippen molar-refractivity contribution < 1.29 is 0 Å². The molecule has 0 aromatic carbocycles. The smallest absolute Gasteiger partial charge is 0.251 e. The van der Waals surface area contributed by atoms with Crippen molar-refractivity contribution in [3.05, 3.63) is 44.0 Å². The van der Waals surface area contributed by atoms with Crippen molar-refractivity contribution >= 4 is 11.3 Å². The van der Waals surface area contributed by atoms with Gasteiger partial charge in [-0.05, 0) is 19.9 Å². The quantitative estimate of drug-likeness (QED) is 0.788. The molecule has 2 aromatic rings. The summed E-state index contributed by atoms with van der Waals surface area (Å²) in [5.41, 5.74) is 1.62. The van der Waals surface area contributed by atoms with Gasteiger partial charge >= 0.3 is 0 Å². The molecule has 6 heteroatoms. The summed E-state index contributed by atoms with van der Waals surface area (Å²) in [5, 5.41) is 6.27. The fourth-order valence-electron chi connectivity index (χ4n) is 1.79. The minimum Gasteiger partial charge on any atom is -0.311 e. The van der Waals surface area contributed by atoms with E-state index in [1.165, 1.54) is 0 Å². The van der Waals surface area contributed by atoms with Gasteiger partial charge in [-0.25, -0.2) is 9.97 Å². The molecule has 0 radical (unpaired) electrons. The summed E-state index contributed by atoms with van der Waals surface area (Å²) in [7, 11) is 0. The van der Waals surface area contributed by atoms with Gasteiger partial charge in [0.05, 0.1) is 16.4 Å². The van der Waals surface area contributed by atoms with E-state index in [-0.39, 0.29) is 5.56 Å². The molecule has 0 aliphatic carbocycles. The Hall–Kier alpha value is -1.53. The second-order valence-corrected chi connectivity index (χ2v) is 5.46. The van der Waals surface area contributed by atoms with E-state index in [0.29, 0.717) is 18.8 Å². The Kier molecular flexibility index (Phi) is 4.81. The number of rotatable bonds is 6. The van der Waals surface area contributed by atoms with E-state index < -0.39 is 0 Å². The molecule has 0 aliphatic heterocycles. The second kappa shape index (κ2) is 6.58. The number of aromatic nitrogens is 3. The molecule has 0 aliphatic rings. The summed E-state index contributed by atoms with van der Waals surface area (Å²) in [6, 6.07) is 1.54. The van der Waals surface area contributed by atoms with E-state index in [9.17, 15) is 4.79 Å². The molecule has 0 bridgehead atoms. The molecular weight excluding hydrogens is 260 g/mol. The summed E-state index contributed by atoms with van der Waals surface area (Å²) >= 11 is 1.61. The summed E-state index contributed by atoms with van der Waals surface area (Å²) in [4.78, 5) is 23.2. The number of thiazole rings is 1. The van der Waals surface area contributed by atoms with Crippen LogP contribution in [0.3, 0.4) is 0 Å². The fraction of sp³-hybridized carbons (Fsp3) is 0.462. The van der Waals surface area contributed by atoms with Crippen LogP contribution in [0.4, 0.5) is 0 Å². The third-order valence-corrected chi connectivity index (χ3v) is 3.41. The maximum absolute atomic E-state index is 11.6. The predicted octanol–water partition coefficient (Wildman–Crippen LogP) is 1.63. The predicted molar refractivity (Wildman–Crippen MR) is 76.5 cm³/mol. The summed E-state index contributed by atoms with van der Waals surface area (Å²) < 4.78 is 0. The van der Waals surface area contributed by atoms with Crippen LogP contribution in [-0.2, 0) is 13.0 Å². The van der Waals surface area contributed by atoms with Gasteiger partial charge in [-0.15, -0.1) is 11.3 Å². The average molecular weight is 278 g/mol. The van der Waals surface area contributed by atoms with Crippen molar-refractivity contribution in [2.45, 2.75) is 33.2 Å². The lowest BCUT2D eigenvalue weighted by atomic mass is 10.3. The molecule has 0 atom stereocenters. The Morgan fingerprint density at radius 3 is 2.89 bits per heavy atom. The number of aryl methyl sites for hydroxylation is 1. The molecule has 0 amide bonds. The van der Waals surface area contributed by atoms with Crippen LogP contribution in [-0.4, -0.2) is 21.5 Å². The zero-order chi connectivity index (χ0) is 13.7. The molecule has 2 rings (SSSR count). The normalized spacial score (nSPS) is 10.8. The molecule has 5 nitrogen and oxygen atoms in total. The third-order valence-electron chi connectivity index (χ3n) is 2.59. The number of hydrogen-bond donors (Lipinski definition) is 2. The molecule has 19 heavy (non-hydrogen) atoms. The Morgan fingerprint density at radius 1 is 1.37 bits per heavy atom. The van der Waals surface area contributed by atoms with Crippen molar-refractivity contribution in [3.63, 3.8) is 0 Å². The van der Waals surface area contributed by atoms with Crippen LogP contribution in [0.15, 0.2) is 16.2 Å². The molecule has 0 spiro atoms. The highest BCUT2D eigenvalue weighted by Crippen LogP contribution is 2.10. The first-order valence-electron chi connectivity index (χ1n) is 6.38. The number of aromatic amines is 1. The van der Waals surface area contributed by atoms with E-state index in [4.69, 9.17) is 0 Å². The first-order chi connectivity index (χ1) is 9.17. The van der Waals surface area contributed by atoms with Crippen molar-refractivity contribution in [1.29, 1.82) is 0 Å². The molecule has 102 valence electrons. The Labute approximate surface area is 116 Å². The zero-order valence-electron chi connectivity index (χ0n) is 11.2. The van der Waals surface area contributed by atoms with Crippen LogP contribution < -0.4 is 10.9 Å². The number of H-pyrrole nitrogens is 1. The lowest BCUT2D eigenvalue weighted by Gasteiger charge is -2.04. The lowest BCUT2D eigenvalue weighted by Crippen LogP contribution is -2.19. The van der Waals surface area contributed by atoms with Crippen molar-refractivity contribution in [1.82, 2.24) is 20.3 Å². The second-order valence-electron chi connectivity index (χ2n) is 4.39. The highest BCUT2D eigenvalue weighted by molar-refractivity contribution is 7.09. The SMILES string of the molecule is CCCNCc1cc(=O)[nH]c(Cc2csc(C)n2)n1. The Balaban J connectivity index is 2.10. The minimum atomic E-state index is -0.106. The van der Waals surface area contributed by atoms with Gasteiger partial charge in [0.1, 0.15) is 5.82 Å². The van der Waals surface area contributed by atoms with Gasteiger partial charge in [-0.2, -0.15) is 0 Å². The van der Waals surface area contributed by atoms with E-state index in [1.807, 2.05) is 12.3 Å². The maximum atomic E-state index is 11.6. The number of nitrogens with one attached hydrogen (secondary N) is 2. The third kappa shape index (κ3) is 4.25. The fourth-order valence-corrected chi connectivity index (χ4v) is 2.40. The van der Waals surface area contributed by atoms with Gasteiger partial charge in [0.2, 0.25) is 0 Å². The monoisotopic (exact) mass is 278 g/mol. The summed E-state index contributed by atoms with van der Waals surface area (Å²) in [6.07, 6.45) is 1.63. The molecule has 0 fully saturated rings. The van der Waals surface area contributed by atoms with E-state index >= 15 is 0 Å². The zero-order valence-corrected chi connectivity index (χ0v) is 12.0. The van der Waals surface area contributed by atoms with Crippen LogP contribution >= 0.6 is 11.3 Å². The molecule has 2 N–H and O–H groups in total. The minimum absolute atomic E-state index is 0.106. The number of hydrogen-bond acceptors (Lipinski definition) is 5. The first kappa shape index (κ1) is 13.9. The topological polar surface area (TPSA) is 70.7 Å². The van der Waals surface area contributed by atoms with Crippen LogP contribution in [0.5, 0.6) is 0 Å². The first-order valence-corrected chi connectivity index (χ1v) is 7.26. The van der Waals surface area contributed by atoms with Crippen LogP contribution in [0.2, 0.25) is 0 Å². The molecule has 2 aromatic heterocycles. The molecular formula is C13H18N4OS. The van der Waals surface area contributed by atoms with Crippen LogP contribution in [0, 0.1) is 6.92 Å². The molecule has 0 saturated heterocycles. The Morgan fingerprint density at radius 2 is 2.21 bits per heavy atom. The van der Waals surface area contributed by atoms with E-state index in [1.54, 1.807) is 17.4 Å². The highest BCUT2D eigenvalue weighted by Gasteiger charge is 2.05. The van der Waals surface area contributed by atoms with Gasteiger partial charge in [0.25, 0.3) is 5.56 Å². The van der Waals surface area contributed by atoms with E-state index in [0.717, 1.165) is 29.4 Å². The summed E-state index contributed by atoms with van der Waals surface area (Å²) in [6.45, 7) is 5.62. The molecule has 0 saturated carbocycles. The van der Waals surface area contributed by atoms with Crippen LogP contribution in [0.25, 0.3) is 0 Å². The van der Waals surface area contributed by atoms with Crippen molar-refractivity contribution in [2.75, 3.05) is 6.54 Å². The van der Waals surface area contributed by atoms with Crippen molar-refractivity contribution in [3.8, 4) is 0 Å². The van der Waals surface area contributed by atoms with E-state index in [2.05, 4.69) is 27.2 Å². The Bertz CT molecular complexity index is 590. The molecule has 0 unspecified atom stereocenters. The maximum Gasteiger partial charge on any atom is 0.251 e. The van der Waals surface area contributed by atoms with Crippen LogP contribution in [0.1, 0.15) is 35.6 Å². The van der Waals surface area contributed by atoms with Gasteiger partial charge in [-0.1, -0.05) is 6.92 Å². The van der Waals surface area contributed by atoms with Gasteiger partial charge in [0.15, 0.2) is 0 Å². The number of nitrogens with zero attached hydrogens (tertiary/aromatic N) is 2.